The molecule has 5 nitrogen and oxygen atoms in total. The molecule has 1 heterocycles. The smallest absolute Gasteiger partial charge is 0.335 e. The van der Waals surface area contributed by atoms with Crippen LogP contribution in [-0.2, 0) is 11.2 Å². The summed E-state index contributed by atoms with van der Waals surface area (Å²) >= 11 is 0. The lowest BCUT2D eigenvalue weighted by Crippen LogP contribution is -2.34. The molecule has 0 unspecified atom stereocenters. The molecule has 2 rings (SSSR count). The van der Waals surface area contributed by atoms with Crippen LogP contribution >= 0.6 is 0 Å². The first-order valence-electron chi connectivity index (χ1n) is 5.00. The fraction of sp³-hybridized carbons (Fsp3) is 0.273. The second-order valence-electron chi connectivity index (χ2n) is 3.65. The number of amides is 1. The van der Waals surface area contributed by atoms with E-state index < -0.39 is 5.97 Å². The molecule has 84 valence electrons. The van der Waals surface area contributed by atoms with Gasteiger partial charge in [0, 0.05) is 12.2 Å². The van der Waals surface area contributed by atoms with Gasteiger partial charge in [-0.05, 0) is 30.2 Å². The van der Waals surface area contributed by atoms with Crippen molar-refractivity contribution in [3.63, 3.8) is 0 Å². The molecule has 3 N–H and O–H groups in total. The molecule has 0 bridgehead atoms. The van der Waals surface area contributed by atoms with Crippen LogP contribution in [0.4, 0.5) is 5.69 Å². The zero-order valence-electron chi connectivity index (χ0n) is 8.64. The van der Waals surface area contributed by atoms with Crippen molar-refractivity contribution in [2.24, 2.45) is 5.73 Å². The van der Waals surface area contributed by atoms with Crippen LogP contribution in [0.5, 0.6) is 0 Å². The number of hydrogen-bond donors (Lipinski definition) is 2. The number of nitrogens with two attached hydrogens (primary N) is 1. The van der Waals surface area contributed by atoms with Gasteiger partial charge in [-0.2, -0.15) is 0 Å². The van der Waals surface area contributed by atoms with E-state index in [-0.39, 0.29) is 18.0 Å². The van der Waals surface area contributed by atoms with Gasteiger partial charge in [0.25, 0.3) is 0 Å². The Kier molecular flexibility index (Phi) is 2.62. The van der Waals surface area contributed by atoms with Gasteiger partial charge >= 0.3 is 5.97 Å². The van der Waals surface area contributed by atoms with Crippen molar-refractivity contribution in [2.45, 2.75) is 6.42 Å². The van der Waals surface area contributed by atoms with Gasteiger partial charge in [-0.1, -0.05) is 0 Å². The number of hydrogen-bond acceptors (Lipinski definition) is 3. The Bertz CT molecular complexity index is 457. The Labute approximate surface area is 92.5 Å². The third-order valence-corrected chi connectivity index (χ3v) is 2.70. The molecule has 16 heavy (non-hydrogen) atoms. The average molecular weight is 220 g/mol. The van der Waals surface area contributed by atoms with Crippen LogP contribution in [0.2, 0.25) is 0 Å². The lowest BCUT2D eigenvalue weighted by Gasteiger charge is -2.15. The predicted octanol–water partition coefficient (Wildman–Crippen LogP) is 0.233. The topological polar surface area (TPSA) is 83.6 Å². The average Bonchev–Trinajstić information content (AvgIpc) is 2.70. The SMILES string of the molecule is NCC(=O)N1CCc2cc(C(=O)O)ccc21. The number of carboxylic acids is 1. The Balaban J connectivity index is 2.36. The predicted molar refractivity (Wildman–Crippen MR) is 58.5 cm³/mol. The van der Waals surface area contributed by atoms with Gasteiger partial charge in [0.15, 0.2) is 0 Å². The van der Waals surface area contributed by atoms with E-state index in [1.807, 2.05) is 0 Å². The maximum atomic E-state index is 11.5. The van der Waals surface area contributed by atoms with Crippen molar-refractivity contribution in [2.75, 3.05) is 18.0 Å². The van der Waals surface area contributed by atoms with Gasteiger partial charge in [0.2, 0.25) is 5.91 Å². The van der Waals surface area contributed by atoms with Crippen molar-refractivity contribution >= 4 is 17.6 Å². The minimum atomic E-state index is -0.952. The van der Waals surface area contributed by atoms with E-state index >= 15 is 0 Å². The summed E-state index contributed by atoms with van der Waals surface area (Å²) in [5, 5.41) is 8.84. The Hall–Kier alpha value is -1.88. The van der Waals surface area contributed by atoms with Crippen molar-refractivity contribution in [3.05, 3.63) is 29.3 Å². The molecule has 0 saturated carbocycles. The fourth-order valence-electron chi connectivity index (χ4n) is 1.90. The standard InChI is InChI=1S/C11H12N2O3/c12-6-10(14)13-4-3-7-5-8(11(15)16)1-2-9(7)13/h1-2,5H,3-4,6,12H2,(H,15,16). The molecule has 0 aliphatic carbocycles. The van der Waals surface area contributed by atoms with E-state index in [1.165, 1.54) is 6.07 Å². The zero-order valence-corrected chi connectivity index (χ0v) is 8.64. The van der Waals surface area contributed by atoms with Crippen molar-refractivity contribution in [1.29, 1.82) is 0 Å². The van der Waals surface area contributed by atoms with Crippen molar-refractivity contribution < 1.29 is 14.7 Å². The summed E-state index contributed by atoms with van der Waals surface area (Å²) in [5.41, 5.74) is 7.22. The molecule has 0 radical (unpaired) electrons. The lowest BCUT2D eigenvalue weighted by molar-refractivity contribution is -0.117. The summed E-state index contributed by atoms with van der Waals surface area (Å²) in [7, 11) is 0. The summed E-state index contributed by atoms with van der Waals surface area (Å²) < 4.78 is 0. The number of carbonyl (C=O) groups is 2. The van der Waals surface area contributed by atoms with Crippen LogP contribution in [0.1, 0.15) is 15.9 Å². The molecule has 1 aromatic rings. The van der Waals surface area contributed by atoms with Crippen molar-refractivity contribution in [3.8, 4) is 0 Å². The highest BCUT2D eigenvalue weighted by Gasteiger charge is 2.24. The van der Waals surface area contributed by atoms with Crippen LogP contribution in [-0.4, -0.2) is 30.1 Å². The highest BCUT2D eigenvalue weighted by Crippen LogP contribution is 2.28. The number of rotatable bonds is 2. The molecular weight excluding hydrogens is 208 g/mol. The van der Waals surface area contributed by atoms with Gasteiger partial charge in [-0.3, -0.25) is 4.79 Å². The molecule has 0 atom stereocenters. The first-order chi connectivity index (χ1) is 7.63. The largest absolute Gasteiger partial charge is 0.478 e. The van der Waals surface area contributed by atoms with Gasteiger partial charge in [-0.25, -0.2) is 4.79 Å². The minimum absolute atomic E-state index is 0.0277. The number of carbonyl (C=O) groups excluding carboxylic acids is 1. The molecule has 0 fully saturated rings. The molecule has 0 saturated heterocycles. The molecule has 1 aliphatic rings. The van der Waals surface area contributed by atoms with E-state index in [4.69, 9.17) is 10.8 Å². The fourth-order valence-corrected chi connectivity index (χ4v) is 1.90. The van der Waals surface area contributed by atoms with Crippen molar-refractivity contribution in [1.82, 2.24) is 0 Å². The number of benzene rings is 1. The van der Waals surface area contributed by atoms with E-state index in [0.717, 1.165) is 11.3 Å². The molecule has 1 aromatic carbocycles. The van der Waals surface area contributed by atoms with Crippen LogP contribution in [0.25, 0.3) is 0 Å². The summed E-state index contributed by atoms with van der Waals surface area (Å²) in [4.78, 5) is 23.9. The quantitative estimate of drug-likeness (QED) is 0.747. The zero-order chi connectivity index (χ0) is 11.7. The van der Waals surface area contributed by atoms with Gasteiger partial charge in [0.1, 0.15) is 0 Å². The number of nitrogens with zero attached hydrogens (tertiary/aromatic N) is 1. The van der Waals surface area contributed by atoms with E-state index in [9.17, 15) is 9.59 Å². The third kappa shape index (κ3) is 1.65. The summed E-state index contributed by atoms with van der Waals surface area (Å²) in [6.45, 7) is 0.550. The molecule has 0 aromatic heterocycles. The molecule has 5 heteroatoms. The Morgan fingerprint density at radius 3 is 2.81 bits per heavy atom. The van der Waals surface area contributed by atoms with Gasteiger partial charge < -0.3 is 15.7 Å². The van der Waals surface area contributed by atoms with Crippen LogP contribution in [0.3, 0.4) is 0 Å². The second-order valence-corrected chi connectivity index (χ2v) is 3.65. The van der Waals surface area contributed by atoms with Gasteiger partial charge in [0.05, 0.1) is 12.1 Å². The molecular formula is C11H12N2O3. The van der Waals surface area contributed by atoms with Crippen LogP contribution in [0, 0.1) is 0 Å². The third-order valence-electron chi connectivity index (χ3n) is 2.70. The van der Waals surface area contributed by atoms with Crippen LogP contribution < -0.4 is 10.6 Å². The number of aromatic carboxylic acids is 1. The highest BCUT2D eigenvalue weighted by atomic mass is 16.4. The monoisotopic (exact) mass is 220 g/mol. The second kappa shape index (κ2) is 3.94. The van der Waals surface area contributed by atoms with E-state index in [0.29, 0.717) is 13.0 Å². The summed E-state index contributed by atoms with van der Waals surface area (Å²) in [5.74, 6) is -1.09. The Morgan fingerprint density at radius 2 is 2.19 bits per heavy atom. The van der Waals surface area contributed by atoms with Gasteiger partial charge in [-0.15, -0.1) is 0 Å². The molecule has 1 amide bonds. The van der Waals surface area contributed by atoms with Crippen LogP contribution in [0.15, 0.2) is 18.2 Å². The number of carboxylic acid groups (broad SMARTS) is 1. The Morgan fingerprint density at radius 1 is 1.44 bits per heavy atom. The number of fused-ring (bicyclic) bond motifs is 1. The summed E-state index contributed by atoms with van der Waals surface area (Å²) in [6.07, 6.45) is 0.683. The highest BCUT2D eigenvalue weighted by molar-refractivity contribution is 5.97. The summed E-state index contributed by atoms with van der Waals surface area (Å²) in [6, 6.07) is 4.78. The maximum Gasteiger partial charge on any atom is 0.335 e. The lowest BCUT2D eigenvalue weighted by atomic mass is 10.1. The van der Waals surface area contributed by atoms with E-state index in [1.54, 1.807) is 17.0 Å². The first kappa shape index (κ1) is 10.6. The molecule has 1 aliphatic heterocycles. The minimum Gasteiger partial charge on any atom is -0.478 e. The first-order valence-corrected chi connectivity index (χ1v) is 5.00. The maximum absolute atomic E-state index is 11.5. The molecule has 0 spiro atoms. The normalized spacial score (nSPS) is 13.7. The number of anilines is 1. The van der Waals surface area contributed by atoms with E-state index in [2.05, 4.69) is 0 Å².